The minimum atomic E-state index is 0.404. The highest BCUT2D eigenvalue weighted by Crippen LogP contribution is 2.05. The molecule has 2 nitrogen and oxygen atoms in total. The monoisotopic (exact) mass is 157 g/mol. The van der Waals surface area contributed by atoms with Crippen LogP contribution in [0.5, 0.6) is 0 Å². The van der Waals surface area contributed by atoms with Gasteiger partial charge in [0.2, 0.25) is 5.89 Å². The van der Waals surface area contributed by atoms with Gasteiger partial charge in [-0.2, -0.15) is 0 Å². The molecule has 0 aromatic carbocycles. The number of hydrogen-bond acceptors (Lipinski definition) is 2. The van der Waals surface area contributed by atoms with Crippen LogP contribution in [0.2, 0.25) is 0 Å². The van der Waals surface area contributed by atoms with E-state index < -0.39 is 0 Å². The number of hydrogen-bond donors (Lipinski definition) is 0. The Morgan fingerprint density at radius 2 is 2.60 bits per heavy atom. The molecule has 0 unspecified atom stereocenters. The fourth-order valence-corrected chi connectivity index (χ4v) is 0.726. The van der Waals surface area contributed by atoms with E-state index in [0.29, 0.717) is 11.8 Å². The van der Waals surface area contributed by atoms with Crippen LogP contribution in [0.4, 0.5) is 0 Å². The molecule has 3 heteroatoms. The quantitative estimate of drug-likeness (QED) is 0.617. The van der Waals surface area contributed by atoms with Crippen molar-refractivity contribution in [1.82, 2.24) is 4.98 Å². The minimum absolute atomic E-state index is 0.404. The van der Waals surface area contributed by atoms with Crippen LogP contribution in [0.15, 0.2) is 16.8 Å². The normalized spacial score (nSPS) is 11.0. The topological polar surface area (TPSA) is 26.0 Å². The Hall–Kier alpha value is -0.760. The van der Waals surface area contributed by atoms with Gasteiger partial charge in [-0.3, -0.25) is 0 Å². The average Bonchev–Trinajstić information content (AvgIpc) is 2.37. The van der Waals surface area contributed by atoms with Crippen LogP contribution >= 0.6 is 11.6 Å². The zero-order valence-electron chi connectivity index (χ0n) is 5.67. The molecule has 0 atom stereocenters. The predicted molar refractivity (Wildman–Crippen MR) is 40.8 cm³/mol. The predicted octanol–water partition coefficient (Wildman–Crippen LogP) is 2.45. The third-order valence-corrected chi connectivity index (χ3v) is 1.29. The molecule has 0 aliphatic rings. The van der Waals surface area contributed by atoms with Gasteiger partial charge in [-0.15, -0.1) is 11.6 Å². The number of aromatic nitrogens is 1. The smallest absolute Gasteiger partial charge is 0.218 e. The number of allylic oxidation sites excluding steroid dienone is 1. The second-order valence-corrected chi connectivity index (χ2v) is 2.08. The van der Waals surface area contributed by atoms with E-state index in [4.69, 9.17) is 16.0 Å². The van der Waals surface area contributed by atoms with Crippen molar-refractivity contribution in [2.45, 2.75) is 12.8 Å². The maximum absolute atomic E-state index is 5.49. The van der Waals surface area contributed by atoms with E-state index in [2.05, 4.69) is 4.98 Å². The number of halogens is 1. The van der Waals surface area contributed by atoms with Gasteiger partial charge in [0.1, 0.15) is 6.26 Å². The first kappa shape index (κ1) is 7.35. The molecule has 0 bridgehead atoms. The Kier molecular flexibility index (Phi) is 2.51. The molecular weight excluding hydrogens is 150 g/mol. The number of rotatable bonds is 2. The fraction of sp³-hybridized carbons (Fsp3) is 0.286. The van der Waals surface area contributed by atoms with Crippen molar-refractivity contribution in [3.8, 4) is 0 Å². The van der Waals surface area contributed by atoms with E-state index in [9.17, 15) is 0 Å². The second-order valence-electron chi connectivity index (χ2n) is 1.81. The average molecular weight is 158 g/mol. The van der Waals surface area contributed by atoms with E-state index in [-0.39, 0.29) is 0 Å². The van der Waals surface area contributed by atoms with Gasteiger partial charge >= 0.3 is 0 Å². The third-order valence-electron chi connectivity index (χ3n) is 1.02. The summed E-state index contributed by atoms with van der Waals surface area (Å²) in [6.07, 6.45) is 5.21. The third kappa shape index (κ3) is 1.61. The molecule has 0 N–H and O–H groups in total. The van der Waals surface area contributed by atoms with Gasteiger partial charge in [-0.1, -0.05) is 6.08 Å². The molecule has 0 saturated carbocycles. The molecule has 0 aliphatic heterocycles. The lowest BCUT2D eigenvalue weighted by Gasteiger charge is -1.77. The van der Waals surface area contributed by atoms with Crippen molar-refractivity contribution >= 4 is 17.7 Å². The van der Waals surface area contributed by atoms with Crippen molar-refractivity contribution in [2.24, 2.45) is 0 Å². The molecule has 1 aromatic rings. The molecule has 0 saturated heterocycles. The van der Waals surface area contributed by atoms with E-state index >= 15 is 0 Å². The van der Waals surface area contributed by atoms with Crippen molar-refractivity contribution < 1.29 is 4.42 Å². The van der Waals surface area contributed by atoms with E-state index in [1.807, 2.05) is 13.0 Å². The van der Waals surface area contributed by atoms with Gasteiger partial charge in [-0.05, 0) is 13.0 Å². The van der Waals surface area contributed by atoms with Gasteiger partial charge in [-0.25, -0.2) is 4.98 Å². The first-order chi connectivity index (χ1) is 4.86. The molecule has 0 aliphatic carbocycles. The van der Waals surface area contributed by atoms with E-state index in [1.54, 1.807) is 12.3 Å². The van der Waals surface area contributed by atoms with E-state index in [0.717, 1.165) is 5.69 Å². The van der Waals surface area contributed by atoms with Gasteiger partial charge in [0.15, 0.2) is 0 Å². The Labute approximate surface area is 64.5 Å². The molecule has 1 rings (SSSR count). The summed E-state index contributed by atoms with van der Waals surface area (Å²) in [6.45, 7) is 1.91. The standard InChI is InChI=1S/C7H8ClNO/c1-2-3-7-9-6(4-8)5-10-7/h2-3,5H,4H2,1H3/b3-2-. The summed E-state index contributed by atoms with van der Waals surface area (Å²) in [5.74, 6) is 1.01. The summed E-state index contributed by atoms with van der Waals surface area (Å²) in [5, 5.41) is 0. The molecule has 1 heterocycles. The van der Waals surface area contributed by atoms with Gasteiger partial charge in [0, 0.05) is 0 Å². The lowest BCUT2D eigenvalue weighted by atomic mass is 10.5. The van der Waals surface area contributed by atoms with Crippen LogP contribution in [-0.2, 0) is 5.88 Å². The summed E-state index contributed by atoms with van der Waals surface area (Å²) in [6, 6.07) is 0. The van der Waals surface area contributed by atoms with Crippen LogP contribution < -0.4 is 0 Å². The highest BCUT2D eigenvalue weighted by atomic mass is 35.5. The highest BCUT2D eigenvalue weighted by Gasteiger charge is 1.96. The van der Waals surface area contributed by atoms with E-state index in [1.165, 1.54) is 0 Å². The van der Waals surface area contributed by atoms with Crippen molar-refractivity contribution in [3.63, 3.8) is 0 Å². The first-order valence-electron chi connectivity index (χ1n) is 3.00. The van der Waals surface area contributed by atoms with Gasteiger partial charge in [0.05, 0.1) is 11.6 Å². The summed E-state index contributed by atoms with van der Waals surface area (Å²) in [5.41, 5.74) is 0.773. The maximum Gasteiger partial charge on any atom is 0.218 e. The first-order valence-corrected chi connectivity index (χ1v) is 3.53. The Bertz CT molecular complexity index is 229. The number of alkyl halides is 1. The Morgan fingerprint density at radius 3 is 3.10 bits per heavy atom. The highest BCUT2D eigenvalue weighted by molar-refractivity contribution is 6.16. The number of oxazole rings is 1. The molecule has 0 spiro atoms. The summed E-state index contributed by atoms with van der Waals surface area (Å²) in [7, 11) is 0. The summed E-state index contributed by atoms with van der Waals surface area (Å²) < 4.78 is 5.01. The molecule has 0 radical (unpaired) electrons. The minimum Gasteiger partial charge on any atom is -0.445 e. The maximum atomic E-state index is 5.49. The zero-order valence-corrected chi connectivity index (χ0v) is 6.43. The zero-order chi connectivity index (χ0) is 7.40. The Morgan fingerprint density at radius 1 is 1.80 bits per heavy atom. The second kappa shape index (κ2) is 3.42. The van der Waals surface area contributed by atoms with Crippen molar-refractivity contribution in [2.75, 3.05) is 0 Å². The van der Waals surface area contributed by atoms with Crippen molar-refractivity contribution in [1.29, 1.82) is 0 Å². The number of nitrogens with zero attached hydrogens (tertiary/aromatic N) is 1. The van der Waals surface area contributed by atoms with Crippen LogP contribution in [-0.4, -0.2) is 4.98 Å². The molecule has 10 heavy (non-hydrogen) atoms. The van der Waals surface area contributed by atoms with Crippen LogP contribution in [0, 0.1) is 0 Å². The molecule has 1 aromatic heterocycles. The summed E-state index contributed by atoms with van der Waals surface area (Å²) >= 11 is 5.49. The summed E-state index contributed by atoms with van der Waals surface area (Å²) in [4.78, 5) is 4.03. The molecular formula is C7H8ClNO. The lowest BCUT2D eigenvalue weighted by molar-refractivity contribution is 0.545. The van der Waals surface area contributed by atoms with Crippen LogP contribution in [0.25, 0.3) is 6.08 Å². The fourth-order valence-electron chi connectivity index (χ4n) is 0.603. The van der Waals surface area contributed by atoms with Crippen LogP contribution in [0.3, 0.4) is 0 Å². The molecule has 0 fully saturated rings. The van der Waals surface area contributed by atoms with Gasteiger partial charge < -0.3 is 4.42 Å². The van der Waals surface area contributed by atoms with Gasteiger partial charge in [0.25, 0.3) is 0 Å². The molecule has 54 valence electrons. The SMILES string of the molecule is C/C=C\c1nc(CCl)co1. The largest absolute Gasteiger partial charge is 0.445 e. The molecule has 0 amide bonds. The van der Waals surface area contributed by atoms with Crippen LogP contribution in [0.1, 0.15) is 18.5 Å². The lowest BCUT2D eigenvalue weighted by Crippen LogP contribution is -1.75. The van der Waals surface area contributed by atoms with Crippen molar-refractivity contribution in [3.05, 3.63) is 23.9 Å². The Balaban J connectivity index is 2.78.